The molecule has 0 spiro atoms. The van der Waals surface area contributed by atoms with E-state index in [-0.39, 0.29) is 0 Å². The average molecular weight is 452 g/mol. The van der Waals surface area contributed by atoms with Crippen LogP contribution in [0.25, 0.3) is 0 Å². The molecule has 0 aromatic carbocycles. The van der Waals surface area contributed by atoms with Crippen LogP contribution in [0.4, 0.5) is 0 Å². The van der Waals surface area contributed by atoms with Crippen molar-refractivity contribution in [2.75, 3.05) is 0 Å². The van der Waals surface area contributed by atoms with Crippen molar-refractivity contribution in [1.82, 2.24) is 4.57 Å². The number of rotatable bonds is 17. The summed E-state index contributed by atoms with van der Waals surface area (Å²) < 4.78 is 25.8. The molecule has 29 heavy (non-hydrogen) atoms. The van der Waals surface area contributed by atoms with Gasteiger partial charge in [0, 0.05) is 0 Å². The van der Waals surface area contributed by atoms with Crippen LogP contribution in [0.1, 0.15) is 84.0 Å². The van der Waals surface area contributed by atoms with E-state index in [9.17, 15) is 14.0 Å². The van der Waals surface area contributed by atoms with Gasteiger partial charge in [-0.1, -0.05) is 71.1 Å². The number of hydrogen-bond donors (Lipinski definition) is 3. The third-order valence-corrected chi connectivity index (χ3v) is 8.79. The predicted octanol–water partition coefficient (Wildman–Crippen LogP) is 3.53. The van der Waals surface area contributed by atoms with Gasteiger partial charge in [0.15, 0.2) is 13.0 Å². The second-order valence-corrected chi connectivity index (χ2v) is 11.8. The van der Waals surface area contributed by atoms with Gasteiger partial charge in [0.05, 0.1) is 6.54 Å². The van der Waals surface area contributed by atoms with Crippen LogP contribution in [-0.2, 0) is 22.2 Å². The zero-order valence-electron chi connectivity index (χ0n) is 17.6. The first-order chi connectivity index (χ1) is 13.6. The summed E-state index contributed by atoms with van der Waals surface area (Å²) in [7, 11) is -10.1. The Morgan fingerprint density at radius 3 is 1.83 bits per heavy atom. The Morgan fingerprint density at radius 1 is 0.897 bits per heavy atom. The summed E-state index contributed by atoms with van der Waals surface area (Å²) in [6.45, 7) is 2.52. The average Bonchev–Trinajstić information content (AvgIpc) is 3.06. The monoisotopic (exact) mass is 452 g/mol. The Hall–Kier alpha value is -0.490. The van der Waals surface area contributed by atoms with E-state index in [1.54, 1.807) is 18.7 Å². The van der Waals surface area contributed by atoms with Crippen LogP contribution >= 0.6 is 15.2 Å². The van der Waals surface area contributed by atoms with Gasteiger partial charge in [-0.3, -0.25) is 4.57 Å². The van der Waals surface area contributed by atoms with Gasteiger partial charge in [-0.2, -0.15) is 0 Å². The fourth-order valence-corrected chi connectivity index (χ4v) is 5.72. The molecule has 3 N–H and O–H groups in total. The minimum atomic E-state index is -5.15. The van der Waals surface area contributed by atoms with Crippen LogP contribution in [-0.4, -0.2) is 24.6 Å². The highest BCUT2D eigenvalue weighted by Gasteiger charge is 2.39. The molecular weight excluding hydrogens is 414 g/mol. The first kappa shape index (κ1) is 26.5. The molecule has 10 heteroatoms. The van der Waals surface area contributed by atoms with Crippen molar-refractivity contribution in [1.29, 1.82) is 0 Å². The predicted molar refractivity (Wildman–Crippen MR) is 111 cm³/mol. The SMILES string of the molecule is CCCCCCCCCCCCCCn1cc[n+](CC(P(=O)([O-])O)P(=O)(O)O)c1. The molecule has 1 rings (SSSR count). The van der Waals surface area contributed by atoms with Crippen molar-refractivity contribution in [2.45, 2.75) is 102 Å². The van der Waals surface area contributed by atoms with Crippen molar-refractivity contribution in [3.8, 4) is 0 Å². The molecule has 8 nitrogen and oxygen atoms in total. The van der Waals surface area contributed by atoms with Crippen molar-refractivity contribution < 1.29 is 33.3 Å². The Bertz CT molecular complexity index is 633. The van der Waals surface area contributed by atoms with E-state index in [1.807, 2.05) is 4.57 Å². The summed E-state index contributed by atoms with van der Waals surface area (Å²) >= 11 is 0. The fraction of sp³-hybridized carbons (Fsp3) is 0.842. The van der Waals surface area contributed by atoms with E-state index in [0.29, 0.717) is 0 Å². The topological polar surface area (TPSA) is 127 Å². The van der Waals surface area contributed by atoms with Gasteiger partial charge in [-0.05, 0) is 12.8 Å². The zero-order chi connectivity index (χ0) is 21.8. The van der Waals surface area contributed by atoms with Crippen LogP contribution in [0.5, 0.6) is 0 Å². The summed E-state index contributed by atoms with van der Waals surface area (Å²) in [5.41, 5.74) is 0. The highest BCUT2D eigenvalue weighted by atomic mass is 31.2. The standard InChI is InChI=1S/C19H38N2O6P2/c1-2-3-4-5-6-7-8-9-10-11-12-13-14-20-15-16-21(18-20)17-19(28(22,23)24)29(25,26)27/h15-16,18-19H,2-14,17H2,1H3,(H3-,22,23,24,25,26,27). The molecule has 0 fully saturated rings. The molecule has 2 atom stereocenters. The second kappa shape index (κ2) is 13.7. The molecule has 0 amide bonds. The Balaban J connectivity index is 2.17. The lowest BCUT2D eigenvalue weighted by Gasteiger charge is -2.25. The summed E-state index contributed by atoms with van der Waals surface area (Å²) in [5, 5.41) is -2.12. The molecule has 0 saturated heterocycles. The lowest BCUT2D eigenvalue weighted by atomic mass is 10.1. The van der Waals surface area contributed by atoms with Crippen molar-refractivity contribution in [2.24, 2.45) is 0 Å². The summed E-state index contributed by atoms with van der Waals surface area (Å²) in [4.78, 5) is 38.7. The normalized spacial score (nSPS) is 15.3. The van der Waals surface area contributed by atoms with Crippen molar-refractivity contribution in [3.05, 3.63) is 18.7 Å². The third-order valence-electron chi connectivity index (χ3n) is 5.16. The maximum absolute atomic E-state index is 11.3. The molecule has 0 aliphatic rings. The maximum Gasteiger partial charge on any atom is 0.341 e. The smallest absolute Gasteiger partial charge is 0.341 e. The number of unbranched alkanes of at least 4 members (excludes halogenated alkanes) is 11. The molecule has 0 aliphatic heterocycles. The molecule has 1 heterocycles. The van der Waals surface area contributed by atoms with E-state index in [1.165, 1.54) is 68.8 Å². The van der Waals surface area contributed by atoms with E-state index in [4.69, 9.17) is 14.7 Å². The van der Waals surface area contributed by atoms with Crippen molar-refractivity contribution in [3.63, 3.8) is 0 Å². The second-order valence-electron chi connectivity index (χ2n) is 7.87. The first-order valence-corrected chi connectivity index (χ1v) is 14.1. The largest absolute Gasteiger partial charge is 0.778 e. The van der Waals surface area contributed by atoms with E-state index in [2.05, 4.69) is 6.92 Å². The molecule has 0 saturated carbocycles. The number of aryl methyl sites for hydroxylation is 1. The Labute approximate surface area is 174 Å². The van der Waals surface area contributed by atoms with Crippen LogP contribution in [0.3, 0.4) is 0 Å². The molecule has 0 radical (unpaired) electrons. The quantitative estimate of drug-likeness (QED) is 0.189. The van der Waals surface area contributed by atoms with Crippen LogP contribution in [0.2, 0.25) is 0 Å². The van der Waals surface area contributed by atoms with Gasteiger partial charge < -0.3 is 24.1 Å². The molecule has 2 unspecified atom stereocenters. The van der Waals surface area contributed by atoms with Gasteiger partial charge in [-0.25, -0.2) is 9.13 Å². The number of imidazole rings is 1. The van der Waals surface area contributed by atoms with Gasteiger partial charge in [0.25, 0.3) is 0 Å². The highest BCUT2D eigenvalue weighted by Crippen LogP contribution is 2.57. The molecule has 0 aliphatic carbocycles. The molecular formula is C19H38N2O6P2. The molecule has 0 bridgehead atoms. The molecule has 1 aromatic rings. The van der Waals surface area contributed by atoms with Gasteiger partial charge in [-0.15, -0.1) is 0 Å². The van der Waals surface area contributed by atoms with Crippen LogP contribution < -0.4 is 9.46 Å². The minimum Gasteiger partial charge on any atom is -0.778 e. The Kier molecular flexibility index (Phi) is 12.6. The summed E-state index contributed by atoms with van der Waals surface area (Å²) in [5.74, 6) is 0. The molecule has 170 valence electrons. The van der Waals surface area contributed by atoms with Crippen LogP contribution in [0.15, 0.2) is 18.7 Å². The van der Waals surface area contributed by atoms with Gasteiger partial charge >= 0.3 is 7.60 Å². The highest BCUT2D eigenvalue weighted by molar-refractivity contribution is 7.70. The van der Waals surface area contributed by atoms with E-state index >= 15 is 0 Å². The van der Waals surface area contributed by atoms with Crippen LogP contribution in [0, 0.1) is 0 Å². The van der Waals surface area contributed by atoms with E-state index in [0.717, 1.165) is 19.4 Å². The maximum atomic E-state index is 11.3. The molecule has 1 aromatic heterocycles. The minimum absolute atomic E-state index is 0.479. The summed E-state index contributed by atoms with van der Waals surface area (Å²) in [6.07, 6.45) is 20.1. The lowest BCUT2D eigenvalue weighted by Crippen LogP contribution is -2.39. The Morgan fingerprint density at radius 2 is 1.38 bits per heavy atom. The summed E-state index contributed by atoms with van der Waals surface area (Å²) in [6, 6.07) is 0. The van der Waals surface area contributed by atoms with Gasteiger partial charge in [0.2, 0.25) is 6.33 Å². The number of aromatic nitrogens is 2. The lowest BCUT2D eigenvalue weighted by molar-refractivity contribution is -0.694. The van der Waals surface area contributed by atoms with Gasteiger partial charge in [0.1, 0.15) is 18.9 Å². The number of nitrogens with zero attached hydrogens (tertiary/aromatic N) is 2. The van der Waals surface area contributed by atoms with E-state index < -0.39 is 27.1 Å². The zero-order valence-corrected chi connectivity index (χ0v) is 19.4. The fourth-order valence-electron chi connectivity index (χ4n) is 3.40. The third kappa shape index (κ3) is 12.1. The van der Waals surface area contributed by atoms with Crippen molar-refractivity contribution >= 4 is 15.2 Å². The number of hydrogen-bond acceptors (Lipinski definition) is 3. The first-order valence-electron chi connectivity index (χ1n) is 10.8.